The number of para-hydroxylation sites is 1. The normalized spacial score (nSPS) is 16.3. The summed E-state index contributed by atoms with van der Waals surface area (Å²) in [6.07, 6.45) is 6.50. The average Bonchev–Trinajstić information content (AvgIpc) is 2.99. The van der Waals surface area contributed by atoms with Gasteiger partial charge in [-0.25, -0.2) is 9.97 Å². The van der Waals surface area contributed by atoms with Crippen LogP contribution in [0, 0.1) is 12.8 Å². The lowest BCUT2D eigenvalue weighted by molar-refractivity contribution is -0.114. The summed E-state index contributed by atoms with van der Waals surface area (Å²) in [6.45, 7) is 2.66. The average molecular weight is 338 g/mol. The number of rotatable bonds is 3. The number of aryl methyl sites for hydroxylation is 1. The lowest BCUT2D eigenvalue weighted by Gasteiger charge is -2.23. The van der Waals surface area contributed by atoms with E-state index in [2.05, 4.69) is 20.9 Å². The second-order valence-electron chi connectivity index (χ2n) is 7.00. The van der Waals surface area contributed by atoms with Gasteiger partial charge in [0.05, 0.1) is 11.0 Å². The molecule has 4 rings (SSSR count). The third-order valence-electron chi connectivity index (χ3n) is 5.20. The number of pyridine rings is 1. The highest BCUT2D eigenvalue weighted by atomic mass is 16.1. The van der Waals surface area contributed by atoms with E-state index >= 15 is 0 Å². The smallest absolute Gasteiger partial charge is 0.222 e. The highest BCUT2D eigenvalue weighted by molar-refractivity contribution is 6.09. The summed E-state index contributed by atoms with van der Waals surface area (Å²) < 4.78 is 9.58. The van der Waals surface area contributed by atoms with Crippen molar-refractivity contribution < 1.29 is 6.17 Å². The number of amides is 1. The molecule has 0 radical (unpaired) electrons. The lowest BCUT2D eigenvalue weighted by atomic mass is 9.89. The summed E-state index contributed by atoms with van der Waals surface area (Å²) in [4.78, 5) is 21.1. The quantitative estimate of drug-likeness (QED) is 0.768. The van der Waals surface area contributed by atoms with Crippen LogP contribution in [0.15, 0.2) is 24.3 Å². The van der Waals surface area contributed by atoms with E-state index in [9.17, 15) is 4.79 Å². The summed E-state index contributed by atoms with van der Waals surface area (Å²) in [5.74, 6) is 1.72. The van der Waals surface area contributed by atoms with Crippen molar-refractivity contribution in [2.75, 3.05) is 5.32 Å². The SMILES string of the molecule is [3H]CC(=O)Nc1nc2ccccc2c2c1nc(C)n2CC1CCCCC1. The number of hydrogen-bond acceptors (Lipinski definition) is 3. The van der Waals surface area contributed by atoms with E-state index in [1.165, 1.54) is 32.1 Å². The molecular formula is C20H24N4O. The molecule has 5 nitrogen and oxygen atoms in total. The largest absolute Gasteiger partial charge is 0.327 e. The monoisotopic (exact) mass is 338 g/mol. The maximum Gasteiger partial charge on any atom is 0.222 e. The molecule has 2 heterocycles. The molecule has 0 spiro atoms. The molecule has 0 saturated heterocycles. The standard InChI is InChI=1S/C20H24N4O/c1-13-21-18-19(24(13)12-15-8-4-3-5-9-15)16-10-6-7-11-17(16)23-20(18)22-14(2)25/h6-7,10-11,15H,3-5,8-9,12H2,1-2H3,(H,22,23,25)/i2T. The van der Waals surface area contributed by atoms with Crippen LogP contribution >= 0.6 is 0 Å². The van der Waals surface area contributed by atoms with Gasteiger partial charge >= 0.3 is 0 Å². The molecule has 1 amide bonds. The molecule has 1 aliphatic carbocycles. The zero-order valence-electron chi connectivity index (χ0n) is 15.6. The Morgan fingerprint density at radius 1 is 1.28 bits per heavy atom. The van der Waals surface area contributed by atoms with Crippen molar-refractivity contribution >= 4 is 33.7 Å². The zero-order valence-corrected chi connectivity index (χ0v) is 14.6. The number of imidazole rings is 1. The van der Waals surface area contributed by atoms with Gasteiger partial charge in [0.25, 0.3) is 0 Å². The molecule has 0 atom stereocenters. The van der Waals surface area contributed by atoms with Gasteiger partial charge in [-0.1, -0.05) is 37.5 Å². The second-order valence-corrected chi connectivity index (χ2v) is 7.00. The summed E-state index contributed by atoms with van der Waals surface area (Å²) in [5, 5.41) is 3.82. The van der Waals surface area contributed by atoms with E-state index in [-0.39, 0.29) is 12.8 Å². The summed E-state index contributed by atoms with van der Waals surface area (Å²) >= 11 is 0. The molecule has 5 heteroatoms. The molecule has 0 unspecified atom stereocenters. The van der Waals surface area contributed by atoms with E-state index < -0.39 is 0 Å². The minimum absolute atomic E-state index is 0.322. The number of hydrogen-bond donors (Lipinski definition) is 1. The molecule has 0 aliphatic heterocycles. The fourth-order valence-corrected chi connectivity index (χ4v) is 4.02. The van der Waals surface area contributed by atoms with Crippen molar-refractivity contribution in [3.05, 3.63) is 30.1 Å². The predicted octanol–water partition coefficient (Wildman–Crippen LogP) is 4.43. The van der Waals surface area contributed by atoms with Crippen LogP contribution in [0.4, 0.5) is 5.82 Å². The third-order valence-corrected chi connectivity index (χ3v) is 5.20. The summed E-state index contributed by atoms with van der Waals surface area (Å²) in [6, 6.07) is 7.99. The van der Waals surface area contributed by atoms with Gasteiger partial charge in [0.2, 0.25) is 5.91 Å². The molecule has 25 heavy (non-hydrogen) atoms. The molecule has 1 N–H and O–H groups in total. The molecule has 2 aromatic heterocycles. The van der Waals surface area contributed by atoms with Crippen molar-refractivity contribution in [3.8, 4) is 0 Å². The van der Waals surface area contributed by atoms with Gasteiger partial charge in [-0.3, -0.25) is 4.79 Å². The Bertz CT molecular complexity index is 959. The summed E-state index contributed by atoms with van der Waals surface area (Å²) in [7, 11) is 0. The Morgan fingerprint density at radius 3 is 2.88 bits per heavy atom. The van der Waals surface area contributed by atoms with Crippen molar-refractivity contribution in [1.29, 1.82) is 0 Å². The Hall–Kier alpha value is -2.43. The van der Waals surface area contributed by atoms with Crippen LogP contribution in [0.1, 0.15) is 46.2 Å². The molecular weight excluding hydrogens is 312 g/mol. The number of carbonyl (C=O) groups excluding carboxylic acids is 1. The Kier molecular flexibility index (Phi) is 3.85. The Morgan fingerprint density at radius 2 is 2.08 bits per heavy atom. The van der Waals surface area contributed by atoms with Gasteiger partial charge in [-0.15, -0.1) is 0 Å². The van der Waals surface area contributed by atoms with Crippen molar-refractivity contribution in [1.82, 2.24) is 14.5 Å². The van der Waals surface area contributed by atoms with Gasteiger partial charge in [0, 0.05) is 20.2 Å². The van der Waals surface area contributed by atoms with E-state index in [4.69, 9.17) is 6.35 Å². The number of fused-ring (bicyclic) bond motifs is 3. The first-order valence-corrected chi connectivity index (χ1v) is 9.02. The van der Waals surface area contributed by atoms with Gasteiger partial charge in [-0.05, 0) is 31.7 Å². The van der Waals surface area contributed by atoms with Crippen molar-refractivity contribution in [2.45, 2.75) is 52.5 Å². The topological polar surface area (TPSA) is 59.8 Å². The van der Waals surface area contributed by atoms with Crippen molar-refractivity contribution in [2.24, 2.45) is 5.92 Å². The maximum absolute atomic E-state index is 11.8. The molecule has 0 bridgehead atoms. The minimum atomic E-state index is -0.367. The lowest BCUT2D eigenvalue weighted by Crippen LogP contribution is -2.15. The molecule has 1 aliphatic rings. The van der Waals surface area contributed by atoms with Crippen LogP contribution in [0.3, 0.4) is 0 Å². The van der Waals surface area contributed by atoms with Crippen LogP contribution in [0.5, 0.6) is 0 Å². The van der Waals surface area contributed by atoms with Crippen LogP contribution in [0.25, 0.3) is 21.9 Å². The molecule has 1 saturated carbocycles. The Labute approximate surface area is 148 Å². The predicted molar refractivity (Wildman–Crippen MR) is 101 cm³/mol. The van der Waals surface area contributed by atoms with E-state index in [1.807, 2.05) is 25.1 Å². The van der Waals surface area contributed by atoms with E-state index in [0.29, 0.717) is 11.7 Å². The molecule has 1 aromatic carbocycles. The first kappa shape index (κ1) is 14.9. The van der Waals surface area contributed by atoms with Gasteiger partial charge in [0.1, 0.15) is 11.3 Å². The van der Waals surface area contributed by atoms with Crippen LogP contribution in [-0.2, 0) is 11.3 Å². The van der Waals surface area contributed by atoms with Crippen molar-refractivity contribution in [3.63, 3.8) is 0 Å². The second kappa shape index (κ2) is 6.47. The first-order valence-electron chi connectivity index (χ1n) is 9.72. The van der Waals surface area contributed by atoms with E-state index in [1.54, 1.807) is 0 Å². The zero-order chi connectivity index (χ0) is 18.1. The number of benzene rings is 1. The third kappa shape index (κ3) is 2.99. The number of nitrogens with one attached hydrogen (secondary N) is 1. The maximum atomic E-state index is 11.8. The number of carbonyl (C=O) groups is 1. The highest BCUT2D eigenvalue weighted by Crippen LogP contribution is 2.32. The minimum Gasteiger partial charge on any atom is -0.327 e. The van der Waals surface area contributed by atoms with Crippen LogP contribution in [-0.4, -0.2) is 20.4 Å². The number of aromatic nitrogens is 3. The number of nitrogens with zero attached hydrogens (tertiary/aromatic N) is 3. The molecule has 130 valence electrons. The number of anilines is 1. The van der Waals surface area contributed by atoms with Crippen LogP contribution < -0.4 is 5.32 Å². The van der Waals surface area contributed by atoms with Gasteiger partial charge < -0.3 is 9.88 Å². The van der Waals surface area contributed by atoms with Gasteiger partial charge in [-0.2, -0.15) is 0 Å². The molecule has 1 fully saturated rings. The van der Waals surface area contributed by atoms with E-state index in [0.717, 1.165) is 34.3 Å². The first-order chi connectivity index (χ1) is 12.7. The highest BCUT2D eigenvalue weighted by Gasteiger charge is 2.20. The van der Waals surface area contributed by atoms with Crippen LogP contribution in [0.2, 0.25) is 0 Å². The fraction of sp³-hybridized carbons (Fsp3) is 0.450. The Balaban J connectivity index is 1.88. The summed E-state index contributed by atoms with van der Waals surface area (Å²) in [5.41, 5.74) is 2.60. The molecule has 3 aromatic rings. The van der Waals surface area contributed by atoms with Gasteiger partial charge in [0.15, 0.2) is 5.82 Å². The fourth-order valence-electron chi connectivity index (χ4n) is 4.02.